The second-order valence-electron chi connectivity index (χ2n) is 4.54. The van der Waals surface area contributed by atoms with Gasteiger partial charge in [-0.05, 0) is 37.6 Å². The highest BCUT2D eigenvalue weighted by atomic mass is 16.5. The molecule has 0 saturated carbocycles. The molecule has 1 rings (SSSR count). The second kappa shape index (κ2) is 7.04. The lowest BCUT2D eigenvalue weighted by Crippen LogP contribution is -2.13. The van der Waals surface area contributed by atoms with Crippen molar-refractivity contribution in [3.8, 4) is 6.07 Å². The average molecular weight is 303 g/mol. The maximum atomic E-state index is 11.7. The van der Waals surface area contributed by atoms with Gasteiger partial charge < -0.3 is 14.9 Å². The number of esters is 1. The molecule has 1 aromatic rings. The van der Waals surface area contributed by atoms with E-state index in [1.807, 2.05) is 0 Å². The number of carbonyl (C=O) groups excluding carboxylic acids is 1. The highest BCUT2D eigenvalue weighted by Gasteiger charge is 2.17. The van der Waals surface area contributed by atoms with Gasteiger partial charge in [0.15, 0.2) is 0 Å². The quantitative estimate of drug-likeness (QED) is 0.483. The van der Waals surface area contributed by atoms with E-state index in [1.54, 1.807) is 19.9 Å². The van der Waals surface area contributed by atoms with Gasteiger partial charge in [-0.1, -0.05) is 6.07 Å². The molecule has 2 N–H and O–H groups in total. The van der Waals surface area contributed by atoms with Gasteiger partial charge in [-0.25, -0.2) is 14.4 Å². The van der Waals surface area contributed by atoms with Crippen molar-refractivity contribution in [2.75, 3.05) is 0 Å². The molecule has 0 saturated heterocycles. The fourth-order valence-corrected chi connectivity index (χ4v) is 1.60. The first-order chi connectivity index (χ1) is 10.3. The molecule has 0 bridgehead atoms. The smallest absolute Gasteiger partial charge is 0.349 e. The van der Waals surface area contributed by atoms with Crippen molar-refractivity contribution in [1.82, 2.24) is 0 Å². The Morgan fingerprint density at radius 2 is 1.77 bits per heavy atom. The van der Waals surface area contributed by atoms with Gasteiger partial charge in [0, 0.05) is 0 Å². The van der Waals surface area contributed by atoms with Crippen molar-refractivity contribution in [1.29, 1.82) is 5.26 Å². The minimum absolute atomic E-state index is 0.208. The van der Waals surface area contributed by atoms with E-state index in [2.05, 4.69) is 0 Å². The number of aromatic carboxylic acids is 2. The van der Waals surface area contributed by atoms with E-state index in [0.29, 0.717) is 0 Å². The number of ether oxygens (including phenoxy) is 1. The van der Waals surface area contributed by atoms with Crippen molar-refractivity contribution in [3.63, 3.8) is 0 Å². The molecule has 22 heavy (non-hydrogen) atoms. The van der Waals surface area contributed by atoms with Crippen LogP contribution in [0.1, 0.15) is 40.1 Å². The number of rotatable bonds is 5. The highest BCUT2D eigenvalue weighted by molar-refractivity contribution is 6.03. The van der Waals surface area contributed by atoms with Crippen LogP contribution in [0, 0.1) is 11.3 Å². The molecular formula is C15H13NO6. The van der Waals surface area contributed by atoms with Gasteiger partial charge in [-0.2, -0.15) is 5.26 Å². The van der Waals surface area contributed by atoms with Crippen molar-refractivity contribution < 1.29 is 29.3 Å². The first-order valence-electron chi connectivity index (χ1n) is 6.19. The Labute approximate surface area is 126 Å². The van der Waals surface area contributed by atoms with Crippen LogP contribution < -0.4 is 0 Å². The normalized spacial score (nSPS) is 10.9. The lowest BCUT2D eigenvalue weighted by atomic mass is 10.0. The summed E-state index contributed by atoms with van der Waals surface area (Å²) >= 11 is 0. The van der Waals surface area contributed by atoms with Gasteiger partial charge in [0.2, 0.25) is 0 Å². The highest BCUT2D eigenvalue weighted by Crippen LogP contribution is 2.16. The Kier molecular flexibility index (Phi) is 5.41. The number of carboxylic acids is 2. The zero-order chi connectivity index (χ0) is 16.9. The molecule has 0 amide bonds. The van der Waals surface area contributed by atoms with Crippen LogP contribution in [0.3, 0.4) is 0 Å². The molecule has 1 aromatic carbocycles. The Hall–Kier alpha value is -3.14. The predicted molar refractivity (Wildman–Crippen MR) is 75.2 cm³/mol. The summed E-state index contributed by atoms with van der Waals surface area (Å²) in [5, 5.41) is 26.9. The van der Waals surface area contributed by atoms with E-state index in [9.17, 15) is 14.4 Å². The largest absolute Gasteiger partial charge is 0.478 e. The summed E-state index contributed by atoms with van der Waals surface area (Å²) in [6, 6.07) is 5.14. The summed E-state index contributed by atoms with van der Waals surface area (Å²) < 4.78 is 4.87. The molecule has 7 heteroatoms. The fraction of sp³-hybridized carbons (Fsp3) is 0.200. The zero-order valence-electron chi connectivity index (χ0n) is 11.9. The van der Waals surface area contributed by atoms with Crippen molar-refractivity contribution >= 4 is 24.0 Å². The third kappa shape index (κ3) is 4.18. The Bertz CT molecular complexity index is 696. The molecule has 114 valence electrons. The van der Waals surface area contributed by atoms with Crippen molar-refractivity contribution in [2.24, 2.45) is 0 Å². The molecule has 0 aromatic heterocycles. The Morgan fingerprint density at radius 1 is 1.18 bits per heavy atom. The van der Waals surface area contributed by atoms with Crippen LogP contribution in [-0.4, -0.2) is 34.2 Å². The van der Waals surface area contributed by atoms with Gasteiger partial charge in [-0.3, -0.25) is 0 Å². The predicted octanol–water partition coefficient (Wildman–Crippen LogP) is 1.94. The minimum Gasteiger partial charge on any atom is -0.478 e. The maximum absolute atomic E-state index is 11.7. The van der Waals surface area contributed by atoms with Crippen molar-refractivity contribution in [3.05, 3.63) is 40.5 Å². The first-order valence-corrected chi connectivity index (χ1v) is 6.19. The van der Waals surface area contributed by atoms with Gasteiger partial charge in [-0.15, -0.1) is 0 Å². The number of hydrogen-bond donors (Lipinski definition) is 2. The molecule has 0 atom stereocenters. The molecule has 0 unspecified atom stereocenters. The molecule has 0 aliphatic heterocycles. The monoisotopic (exact) mass is 303 g/mol. The zero-order valence-corrected chi connectivity index (χ0v) is 11.9. The minimum atomic E-state index is -1.42. The third-order valence-electron chi connectivity index (χ3n) is 2.50. The lowest BCUT2D eigenvalue weighted by molar-refractivity contribution is -0.142. The van der Waals surface area contributed by atoms with E-state index >= 15 is 0 Å². The van der Waals surface area contributed by atoms with Crippen LogP contribution in [0.15, 0.2) is 23.8 Å². The second-order valence-corrected chi connectivity index (χ2v) is 4.54. The molecule has 0 spiro atoms. The van der Waals surface area contributed by atoms with Crippen LogP contribution in [0.5, 0.6) is 0 Å². The number of nitrogens with zero attached hydrogens (tertiary/aromatic N) is 1. The van der Waals surface area contributed by atoms with E-state index in [1.165, 1.54) is 6.07 Å². The lowest BCUT2D eigenvalue weighted by Gasteiger charge is -2.07. The molecule has 0 fully saturated rings. The molecule has 0 aliphatic rings. The van der Waals surface area contributed by atoms with Gasteiger partial charge >= 0.3 is 17.9 Å². The summed E-state index contributed by atoms with van der Waals surface area (Å²) in [7, 11) is 0. The Balaban J connectivity index is 3.27. The molecule has 0 heterocycles. The van der Waals surface area contributed by atoms with Crippen LogP contribution >= 0.6 is 0 Å². The molecular weight excluding hydrogens is 290 g/mol. The SMILES string of the molecule is CC(C)OC(=O)C(C#N)=Cc1ccc(C(=O)O)c(C(=O)O)c1. The van der Waals surface area contributed by atoms with Crippen LogP contribution in [0.2, 0.25) is 0 Å². The summed E-state index contributed by atoms with van der Waals surface area (Å²) in [4.78, 5) is 33.7. The van der Waals surface area contributed by atoms with E-state index in [-0.39, 0.29) is 16.7 Å². The number of carbonyl (C=O) groups is 3. The van der Waals surface area contributed by atoms with Gasteiger partial charge in [0.1, 0.15) is 11.6 Å². The van der Waals surface area contributed by atoms with Crippen LogP contribution in [-0.2, 0) is 9.53 Å². The van der Waals surface area contributed by atoms with E-state index in [0.717, 1.165) is 18.2 Å². The summed E-state index contributed by atoms with van der Waals surface area (Å²) in [5.41, 5.74) is -0.920. The van der Waals surface area contributed by atoms with Gasteiger partial charge in [0.05, 0.1) is 17.2 Å². The number of nitriles is 1. The molecule has 0 radical (unpaired) electrons. The van der Waals surface area contributed by atoms with Crippen LogP contribution in [0.4, 0.5) is 0 Å². The maximum Gasteiger partial charge on any atom is 0.349 e. The standard InChI is InChI=1S/C15H13NO6/c1-8(2)22-15(21)10(7-16)5-9-3-4-11(13(17)18)12(6-9)14(19)20/h3-6,8H,1-2H3,(H,17,18)(H,19,20). The third-order valence-corrected chi connectivity index (χ3v) is 2.50. The van der Waals surface area contributed by atoms with Crippen LogP contribution in [0.25, 0.3) is 6.08 Å². The average Bonchev–Trinajstić information content (AvgIpc) is 2.43. The number of benzene rings is 1. The number of hydrogen-bond acceptors (Lipinski definition) is 5. The van der Waals surface area contributed by atoms with E-state index in [4.69, 9.17) is 20.2 Å². The fourth-order valence-electron chi connectivity index (χ4n) is 1.60. The topological polar surface area (TPSA) is 125 Å². The first kappa shape index (κ1) is 16.9. The Morgan fingerprint density at radius 3 is 2.23 bits per heavy atom. The number of carboxylic acid groups (broad SMARTS) is 2. The molecule has 7 nitrogen and oxygen atoms in total. The van der Waals surface area contributed by atoms with Gasteiger partial charge in [0.25, 0.3) is 0 Å². The summed E-state index contributed by atoms with van der Waals surface area (Å²) in [6.45, 7) is 3.24. The van der Waals surface area contributed by atoms with E-state index < -0.39 is 29.6 Å². The summed E-state index contributed by atoms with van der Waals surface area (Å²) in [5.74, 6) is -3.64. The summed E-state index contributed by atoms with van der Waals surface area (Å²) in [6.07, 6.45) is 0.733. The van der Waals surface area contributed by atoms with Crippen molar-refractivity contribution in [2.45, 2.75) is 20.0 Å². The molecule has 0 aliphatic carbocycles.